The summed E-state index contributed by atoms with van der Waals surface area (Å²) in [7, 11) is 0. The van der Waals surface area contributed by atoms with E-state index in [9.17, 15) is 18.8 Å². The van der Waals surface area contributed by atoms with Crippen LogP contribution >= 0.6 is 0 Å². The zero-order valence-electron chi connectivity index (χ0n) is 11.2. The van der Waals surface area contributed by atoms with Crippen LogP contribution in [0, 0.1) is 12.7 Å². The molecule has 1 saturated heterocycles. The van der Waals surface area contributed by atoms with Gasteiger partial charge in [0.05, 0.1) is 0 Å². The highest BCUT2D eigenvalue weighted by atomic mass is 19.1. The third-order valence-corrected chi connectivity index (χ3v) is 3.24. The molecule has 1 aliphatic rings. The van der Waals surface area contributed by atoms with E-state index in [2.05, 4.69) is 10.6 Å². The number of carboxylic acid groups (broad SMARTS) is 1. The van der Waals surface area contributed by atoms with Crippen LogP contribution in [-0.4, -0.2) is 47.0 Å². The first-order valence-corrected chi connectivity index (χ1v) is 6.22. The smallest absolute Gasteiger partial charge is 0.328 e. The molecule has 0 aliphatic carbocycles. The molecule has 1 aromatic carbocycles. The summed E-state index contributed by atoms with van der Waals surface area (Å²) < 4.78 is 13.4. The van der Waals surface area contributed by atoms with Crippen LogP contribution in [0.1, 0.15) is 5.56 Å². The molecule has 3 N–H and O–H groups in total. The molecule has 0 radical (unpaired) electrons. The number of amides is 3. The van der Waals surface area contributed by atoms with Crippen molar-refractivity contribution in [3.05, 3.63) is 29.6 Å². The molecule has 0 saturated carbocycles. The Hall–Kier alpha value is -2.64. The number of carboxylic acids is 1. The number of carbonyl (C=O) groups excluding carboxylic acids is 2. The van der Waals surface area contributed by atoms with Crippen LogP contribution < -0.4 is 10.6 Å². The molecule has 1 aliphatic heterocycles. The number of aliphatic carboxylic acids is 1. The Balaban J connectivity index is 2.19. The second kappa shape index (κ2) is 5.78. The predicted octanol–water partition coefficient (Wildman–Crippen LogP) is 0.551. The molecule has 1 atom stereocenters. The summed E-state index contributed by atoms with van der Waals surface area (Å²) in [4.78, 5) is 35.5. The van der Waals surface area contributed by atoms with Crippen LogP contribution in [0.25, 0.3) is 0 Å². The summed E-state index contributed by atoms with van der Waals surface area (Å²) in [6.07, 6.45) is 0. The van der Waals surface area contributed by atoms with Crippen LogP contribution in [0.2, 0.25) is 0 Å². The molecule has 1 unspecified atom stereocenters. The first-order chi connectivity index (χ1) is 9.90. The van der Waals surface area contributed by atoms with Gasteiger partial charge in [-0.15, -0.1) is 0 Å². The standard InChI is InChI=1S/C13H14FN3O4/c1-7-8(14)3-2-4-9(7)16-13(21)17-6-11(18)15-5-10(17)12(19)20/h2-4,10H,5-6H2,1H3,(H,15,18)(H,16,21)(H,19,20). The fourth-order valence-electron chi connectivity index (χ4n) is 2.01. The van der Waals surface area contributed by atoms with E-state index in [0.717, 1.165) is 4.90 Å². The molecule has 112 valence electrons. The molecular formula is C13H14FN3O4. The maximum Gasteiger partial charge on any atom is 0.328 e. The lowest BCUT2D eigenvalue weighted by atomic mass is 10.2. The predicted molar refractivity (Wildman–Crippen MR) is 71.3 cm³/mol. The topological polar surface area (TPSA) is 98.7 Å². The molecule has 21 heavy (non-hydrogen) atoms. The molecule has 0 bridgehead atoms. The van der Waals surface area contributed by atoms with Gasteiger partial charge in [0, 0.05) is 17.8 Å². The monoisotopic (exact) mass is 295 g/mol. The normalized spacial score (nSPS) is 18.1. The SMILES string of the molecule is Cc1c(F)cccc1NC(=O)N1CC(=O)NCC1C(=O)O. The van der Waals surface area contributed by atoms with Crippen LogP contribution in [0.3, 0.4) is 0 Å². The Morgan fingerprint density at radius 1 is 1.48 bits per heavy atom. The summed E-state index contributed by atoms with van der Waals surface area (Å²) in [5.74, 6) is -2.15. The van der Waals surface area contributed by atoms with Gasteiger partial charge in [-0.1, -0.05) is 6.07 Å². The van der Waals surface area contributed by atoms with Gasteiger partial charge in [-0.05, 0) is 19.1 Å². The number of benzene rings is 1. The number of hydrogen-bond donors (Lipinski definition) is 3. The number of anilines is 1. The van der Waals surface area contributed by atoms with Gasteiger partial charge in [-0.2, -0.15) is 0 Å². The van der Waals surface area contributed by atoms with E-state index in [4.69, 9.17) is 5.11 Å². The highest BCUT2D eigenvalue weighted by Crippen LogP contribution is 2.18. The number of nitrogens with zero attached hydrogens (tertiary/aromatic N) is 1. The van der Waals surface area contributed by atoms with Crippen molar-refractivity contribution in [2.24, 2.45) is 0 Å². The quantitative estimate of drug-likeness (QED) is 0.742. The van der Waals surface area contributed by atoms with Crippen molar-refractivity contribution >= 4 is 23.6 Å². The van der Waals surface area contributed by atoms with Gasteiger partial charge in [-0.25, -0.2) is 14.0 Å². The van der Waals surface area contributed by atoms with E-state index in [1.54, 1.807) is 0 Å². The summed E-state index contributed by atoms with van der Waals surface area (Å²) in [5.41, 5.74) is 0.467. The van der Waals surface area contributed by atoms with Crippen molar-refractivity contribution in [3.63, 3.8) is 0 Å². The molecule has 7 nitrogen and oxygen atoms in total. The van der Waals surface area contributed by atoms with Crippen LogP contribution in [0.5, 0.6) is 0 Å². The number of nitrogens with one attached hydrogen (secondary N) is 2. The molecule has 0 spiro atoms. The molecular weight excluding hydrogens is 281 g/mol. The number of rotatable bonds is 2. The number of hydrogen-bond acceptors (Lipinski definition) is 3. The van der Waals surface area contributed by atoms with E-state index in [1.165, 1.54) is 25.1 Å². The van der Waals surface area contributed by atoms with E-state index in [1.807, 2.05) is 0 Å². The third kappa shape index (κ3) is 3.10. The van der Waals surface area contributed by atoms with Crippen molar-refractivity contribution < 1.29 is 23.9 Å². The fraction of sp³-hybridized carbons (Fsp3) is 0.308. The zero-order valence-corrected chi connectivity index (χ0v) is 11.2. The van der Waals surface area contributed by atoms with Crippen molar-refractivity contribution in [2.45, 2.75) is 13.0 Å². The Morgan fingerprint density at radius 3 is 2.86 bits per heavy atom. The summed E-state index contributed by atoms with van der Waals surface area (Å²) in [6.45, 7) is 0.962. The minimum Gasteiger partial charge on any atom is -0.480 e. The third-order valence-electron chi connectivity index (χ3n) is 3.24. The Morgan fingerprint density at radius 2 is 2.19 bits per heavy atom. The number of carbonyl (C=O) groups is 3. The summed E-state index contributed by atoms with van der Waals surface area (Å²) in [6, 6.07) is 2.26. The molecule has 0 aromatic heterocycles. The Kier molecular flexibility index (Phi) is 4.06. The molecule has 8 heteroatoms. The lowest BCUT2D eigenvalue weighted by molar-refractivity contribution is -0.144. The van der Waals surface area contributed by atoms with Crippen molar-refractivity contribution in [3.8, 4) is 0 Å². The largest absolute Gasteiger partial charge is 0.480 e. The van der Waals surface area contributed by atoms with E-state index >= 15 is 0 Å². The van der Waals surface area contributed by atoms with Crippen molar-refractivity contribution in [1.82, 2.24) is 10.2 Å². The molecule has 2 rings (SSSR count). The summed E-state index contributed by atoms with van der Waals surface area (Å²) in [5, 5.41) is 13.9. The average molecular weight is 295 g/mol. The van der Waals surface area contributed by atoms with Crippen molar-refractivity contribution in [2.75, 3.05) is 18.4 Å². The number of urea groups is 1. The highest BCUT2D eigenvalue weighted by Gasteiger charge is 2.35. The van der Waals surface area contributed by atoms with Gasteiger partial charge in [0.2, 0.25) is 5.91 Å². The molecule has 1 aromatic rings. The number of piperazine rings is 1. The minimum atomic E-state index is -1.22. The second-order valence-corrected chi connectivity index (χ2v) is 4.63. The first-order valence-electron chi connectivity index (χ1n) is 6.22. The average Bonchev–Trinajstić information content (AvgIpc) is 2.43. The summed E-state index contributed by atoms with van der Waals surface area (Å²) >= 11 is 0. The van der Waals surface area contributed by atoms with Gasteiger partial charge in [0.25, 0.3) is 0 Å². The van der Waals surface area contributed by atoms with E-state index in [-0.39, 0.29) is 24.3 Å². The van der Waals surface area contributed by atoms with Crippen LogP contribution in [0.15, 0.2) is 18.2 Å². The highest BCUT2D eigenvalue weighted by molar-refractivity contribution is 5.96. The maximum absolute atomic E-state index is 13.4. The fourth-order valence-corrected chi connectivity index (χ4v) is 2.01. The van der Waals surface area contributed by atoms with Crippen molar-refractivity contribution in [1.29, 1.82) is 0 Å². The zero-order chi connectivity index (χ0) is 15.6. The van der Waals surface area contributed by atoms with Gasteiger partial charge in [0.15, 0.2) is 0 Å². The minimum absolute atomic E-state index is 0.163. The lowest BCUT2D eigenvalue weighted by Gasteiger charge is -2.32. The lowest BCUT2D eigenvalue weighted by Crippen LogP contribution is -2.60. The molecule has 3 amide bonds. The Labute approximate surface area is 119 Å². The van der Waals surface area contributed by atoms with Gasteiger partial charge < -0.3 is 15.7 Å². The molecule has 1 heterocycles. The first kappa shape index (κ1) is 14.8. The second-order valence-electron chi connectivity index (χ2n) is 4.63. The van der Waals surface area contributed by atoms with Crippen LogP contribution in [0.4, 0.5) is 14.9 Å². The van der Waals surface area contributed by atoms with E-state index < -0.39 is 29.8 Å². The van der Waals surface area contributed by atoms with E-state index in [0.29, 0.717) is 0 Å². The Bertz CT molecular complexity index is 605. The van der Waals surface area contributed by atoms with Gasteiger partial charge >= 0.3 is 12.0 Å². The number of halogens is 1. The van der Waals surface area contributed by atoms with Gasteiger partial charge in [0.1, 0.15) is 18.4 Å². The maximum atomic E-state index is 13.4. The van der Waals surface area contributed by atoms with Crippen LogP contribution in [-0.2, 0) is 9.59 Å². The molecule has 1 fully saturated rings. The van der Waals surface area contributed by atoms with Gasteiger partial charge in [-0.3, -0.25) is 9.69 Å².